The summed E-state index contributed by atoms with van der Waals surface area (Å²) in [6.45, 7) is 0. The molecule has 1 N–H and O–H groups in total. The first-order valence-corrected chi connectivity index (χ1v) is 8.62. The van der Waals surface area contributed by atoms with Gasteiger partial charge in [0.1, 0.15) is 6.33 Å². The molecule has 122 valence electrons. The summed E-state index contributed by atoms with van der Waals surface area (Å²) in [6.07, 6.45) is 2.28. The SMILES string of the molecule is Clc1ccc([C@@H]2C[C@H](c3c(Cl)cccc3Cl)n3ncnc3N2)cc1. The molecule has 0 unspecified atom stereocenters. The van der Waals surface area contributed by atoms with Crippen LogP contribution in [0.4, 0.5) is 5.95 Å². The van der Waals surface area contributed by atoms with Crippen molar-refractivity contribution in [3.8, 4) is 0 Å². The fourth-order valence-corrected chi connectivity index (χ4v) is 3.88. The van der Waals surface area contributed by atoms with Crippen molar-refractivity contribution in [2.75, 3.05) is 5.32 Å². The molecule has 3 aromatic rings. The zero-order valence-corrected chi connectivity index (χ0v) is 14.7. The number of halogens is 3. The zero-order valence-electron chi connectivity index (χ0n) is 12.5. The predicted molar refractivity (Wildman–Crippen MR) is 97.1 cm³/mol. The van der Waals surface area contributed by atoms with Crippen molar-refractivity contribution in [2.24, 2.45) is 0 Å². The summed E-state index contributed by atoms with van der Waals surface area (Å²) in [5, 5.41) is 9.73. The number of hydrogen-bond donors (Lipinski definition) is 1. The summed E-state index contributed by atoms with van der Waals surface area (Å²) < 4.78 is 1.83. The molecule has 4 rings (SSSR count). The Balaban J connectivity index is 1.78. The summed E-state index contributed by atoms with van der Waals surface area (Å²) in [7, 11) is 0. The van der Waals surface area contributed by atoms with Crippen LogP contribution in [0, 0.1) is 0 Å². The van der Waals surface area contributed by atoms with Gasteiger partial charge >= 0.3 is 0 Å². The monoisotopic (exact) mass is 378 g/mol. The van der Waals surface area contributed by atoms with Crippen LogP contribution < -0.4 is 5.32 Å². The maximum atomic E-state index is 6.43. The minimum atomic E-state index is -0.0920. The minimum absolute atomic E-state index is 0.0660. The van der Waals surface area contributed by atoms with Gasteiger partial charge in [0.15, 0.2) is 0 Å². The summed E-state index contributed by atoms with van der Waals surface area (Å²) in [6, 6.07) is 13.3. The number of aromatic nitrogens is 3. The molecule has 0 fully saturated rings. The van der Waals surface area contributed by atoms with Gasteiger partial charge in [-0.25, -0.2) is 4.68 Å². The van der Waals surface area contributed by atoms with E-state index in [0.717, 1.165) is 17.5 Å². The molecular formula is C17H13Cl3N4. The smallest absolute Gasteiger partial charge is 0.222 e. The summed E-state index contributed by atoms with van der Waals surface area (Å²) >= 11 is 18.9. The first-order chi connectivity index (χ1) is 11.6. The quantitative estimate of drug-likeness (QED) is 0.649. The van der Waals surface area contributed by atoms with Gasteiger partial charge in [0.25, 0.3) is 0 Å². The second-order valence-corrected chi connectivity index (χ2v) is 6.91. The van der Waals surface area contributed by atoms with E-state index in [1.54, 1.807) is 0 Å². The van der Waals surface area contributed by atoms with Gasteiger partial charge in [0, 0.05) is 20.6 Å². The Hall–Kier alpha value is -1.75. The predicted octanol–water partition coefficient (Wildman–Crippen LogP) is 5.38. The van der Waals surface area contributed by atoms with Crippen LogP contribution in [0.1, 0.15) is 29.6 Å². The third kappa shape index (κ3) is 2.75. The molecule has 0 saturated carbocycles. The number of nitrogens with zero attached hydrogens (tertiary/aromatic N) is 3. The molecule has 0 saturated heterocycles. The number of nitrogens with one attached hydrogen (secondary N) is 1. The second-order valence-electron chi connectivity index (χ2n) is 5.66. The Morgan fingerprint density at radius 3 is 2.42 bits per heavy atom. The first-order valence-electron chi connectivity index (χ1n) is 7.49. The first kappa shape index (κ1) is 15.8. The van der Waals surface area contributed by atoms with Crippen LogP contribution in [0.15, 0.2) is 48.8 Å². The van der Waals surface area contributed by atoms with Crippen molar-refractivity contribution in [1.29, 1.82) is 0 Å². The fraction of sp³-hybridized carbons (Fsp3) is 0.176. The van der Waals surface area contributed by atoms with Gasteiger partial charge in [-0.3, -0.25) is 0 Å². The highest BCUT2D eigenvalue weighted by Gasteiger charge is 2.32. The Morgan fingerprint density at radius 1 is 1.00 bits per heavy atom. The maximum absolute atomic E-state index is 6.43. The van der Waals surface area contributed by atoms with Crippen molar-refractivity contribution in [3.05, 3.63) is 75.0 Å². The fourth-order valence-electron chi connectivity index (χ4n) is 3.10. The van der Waals surface area contributed by atoms with E-state index in [9.17, 15) is 0 Å². The minimum Gasteiger partial charge on any atom is -0.348 e. The Bertz CT molecular complexity index is 856. The van der Waals surface area contributed by atoms with Crippen LogP contribution in [0.2, 0.25) is 15.1 Å². The van der Waals surface area contributed by atoms with Gasteiger partial charge in [-0.05, 0) is 36.2 Å². The lowest BCUT2D eigenvalue weighted by atomic mass is 9.93. The maximum Gasteiger partial charge on any atom is 0.222 e. The van der Waals surface area contributed by atoms with Crippen LogP contribution in [0.5, 0.6) is 0 Å². The van der Waals surface area contributed by atoms with Gasteiger partial charge in [0.2, 0.25) is 5.95 Å². The lowest BCUT2D eigenvalue weighted by Gasteiger charge is -2.32. The molecule has 24 heavy (non-hydrogen) atoms. The average Bonchev–Trinajstić information content (AvgIpc) is 3.04. The molecule has 1 aromatic heterocycles. The Kier molecular flexibility index (Phi) is 4.12. The van der Waals surface area contributed by atoms with Crippen LogP contribution in [-0.4, -0.2) is 14.8 Å². The van der Waals surface area contributed by atoms with Crippen LogP contribution in [0.25, 0.3) is 0 Å². The van der Waals surface area contributed by atoms with Gasteiger partial charge in [0.05, 0.1) is 12.1 Å². The summed E-state index contributed by atoms with van der Waals surface area (Å²) in [4.78, 5) is 4.31. The standard InChI is InChI=1S/C17H13Cl3N4/c18-11-6-4-10(5-7-11)14-8-15(24-17(23-14)21-9-22-24)16-12(19)2-1-3-13(16)20/h1-7,9,14-15H,8H2,(H,21,22,23)/t14-,15+/m0/s1. The van der Waals surface area contributed by atoms with Gasteiger partial charge in [-0.1, -0.05) is 53.0 Å². The highest BCUT2D eigenvalue weighted by molar-refractivity contribution is 6.36. The zero-order chi connectivity index (χ0) is 16.7. The van der Waals surface area contributed by atoms with Crippen molar-refractivity contribution in [2.45, 2.75) is 18.5 Å². The number of rotatable bonds is 2. The molecule has 7 heteroatoms. The van der Waals surface area contributed by atoms with Gasteiger partial charge in [-0.2, -0.15) is 10.1 Å². The average molecular weight is 380 g/mol. The molecule has 2 aromatic carbocycles. The molecule has 2 atom stereocenters. The topological polar surface area (TPSA) is 42.7 Å². The third-order valence-corrected chi connectivity index (χ3v) is 5.15. The van der Waals surface area contributed by atoms with Crippen LogP contribution >= 0.6 is 34.8 Å². The molecule has 1 aliphatic rings. The molecule has 0 spiro atoms. The molecule has 4 nitrogen and oxygen atoms in total. The lowest BCUT2D eigenvalue weighted by molar-refractivity contribution is 0.431. The van der Waals surface area contributed by atoms with E-state index in [1.807, 2.05) is 47.1 Å². The highest BCUT2D eigenvalue weighted by atomic mass is 35.5. The Morgan fingerprint density at radius 2 is 1.71 bits per heavy atom. The molecule has 1 aliphatic heterocycles. The number of fused-ring (bicyclic) bond motifs is 1. The van der Waals surface area contributed by atoms with Crippen LogP contribution in [0.3, 0.4) is 0 Å². The van der Waals surface area contributed by atoms with E-state index in [1.165, 1.54) is 6.33 Å². The molecule has 0 radical (unpaired) electrons. The molecular weight excluding hydrogens is 367 g/mol. The largest absolute Gasteiger partial charge is 0.348 e. The Labute approximate surface area is 154 Å². The van der Waals surface area contributed by atoms with Crippen molar-refractivity contribution < 1.29 is 0 Å². The van der Waals surface area contributed by atoms with Gasteiger partial charge in [-0.15, -0.1) is 0 Å². The molecule has 0 aliphatic carbocycles. The molecule has 0 amide bonds. The second kappa shape index (κ2) is 6.28. The highest BCUT2D eigenvalue weighted by Crippen LogP contribution is 2.42. The van der Waals surface area contributed by atoms with E-state index >= 15 is 0 Å². The van der Waals surface area contributed by atoms with E-state index < -0.39 is 0 Å². The summed E-state index contributed by atoms with van der Waals surface area (Å²) in [5.41, 5.74) is 2.00. The lowest BCUT2D eigenvalue weighted by Crippen LogP contribution is -2.28. The van der Waals surface area contributed by atoms with E-state index in [2.05, 4.69) is 15.4 Å². The summed E-state index contributed by atoms with van der Waals surface area (Å²) in [5.74, 6) is 0.696. The number of hydrogen-bond acceptors (Lipinski definition) is 3. The van der Waals surface area contributed by atoms with E-state index in [0.29, 0.717) is 21.0 Å². The molecule has 2 heterocycles. The van der Waals surface area contributed by atoms with Crippen LogP contribution in [-0.2, 0) is 0 Å². The van der Waals surface area contributed by atoms with E-state index in [-0.39, 0.29) is 12.1 Å². The van der Waals surface area contributed by atoms with E-state index in [4.69, 9.17) is 34.8 Å². The van der Waals surface area contributed by atoms with Crippen molar-refractivity contribution >= 4 is 40.8 Å². The third-order valence-electron chi connectivity index (χ3n) is 4.24. The van der Waals surface area contributed by atoms with Crippen molar-refractivity contribution in [1.82, 2.24) is 14.8 Å². The molecule has 0 bridgehead atoms. The normalized spacial score (nSPS) is 19.6. The number of anilines is 1. The number of benzene rings is 2. The van der Waals surface area contributed by atoms with Gasteiger partial charge < -0.3 is 5.32 Å². The van der Waals surface area contributed by atoms with Crippen molar-refractivity contribution in [3.63, 3.8) is 0 Å².